The van der Waals surface area contributed by atoms with Crippen molar-refractivity contribution < 1.29 is 8.42 Å². The zero-order valence-corrected chi connectivity index (χ0v) is 9.36. The predicted molar refractivity (Wildman–Crippen MR) is 55.5 cm³/mol. The lowest BCUT2D eigenvalue weighted by molar-refractivity contribution is 0.396. The molecule has 0 spiro atoms. The Kier molecular flexibility index (Phi) is 2.24. The standard InChI is InChI=1S/C7H11N3O2S2/c1-14(11,12)10-3-2-5-6(4-10)13-7(8)9-5/h2-4H2,1H3,(H2,8,9). The molecule has 0 saturated heterocycles. The van der Waals surface area contributed by atoms with Crippen molar-refractivity contribution in [3.8, 4) is 0 Å². The first kappa shape index (κ1) is 9.88. The molecule has 1 aliphatic heterocycles. The van der Waals surface area contributed by atoms with E-state index in [1.165, 1.54) is 21.9 Å². The summed E-state index contributed by atoms with van der Waals surface area (Å²) < 4.78 is 24.0. The van der Waals surface area contributed by atoms with Crippen LogP contribution in [0, 0.1) is 0 Å². The molecule has 1 aromatic heterocycles. The molecule has 0 amide bonds. The van der Waals surface area contributed by atoms with E-state index in [0.29, 0.717) is 24.6 Å². The highest BCUT2D eigenvalue weighted by atomic mass is 32.2. The predicted octanol–water partition coefficient (Wildman–Crippen LogP) is 0.0430. The molecule has 7 heteroatoms. The lowest BCUT2D eigenvalue weighted by Gasteiger charge is -2.23. The van der Waals surface area contributed by atoms with Crippen molar-refractivity contribution >= 4 is 26.5 Å². The van der Waals surface area contributed by atoms with Crippen molar-refractivity contribution in [2.75, 3.05) is 18.5 Å². The van der Waals surface area contributed by atoms with Gasteiger partial charge in [-0.15, -0.1) is 11.3 Å². The van der Waals surface area contributed by atoms with Gasteiger partial charge in [-0.25, -0.2) is 13.4 Å². The average molecular weight is 233 g/mol. The number of aromatic nitrogens is 1. The van der Waals surface area contributed by atoms with E-state index in [-0.39, 0.29) is 0 Å². The number of nitrogen functional groups attached to an aromatic ring is 1. The summed E-state index contributed by atoms with van der Waals surface area (Å²) in [6, 6.07) is 0. The first-order valence-electron chi connectivity index (χ1n) is 4.16. The lowest BCUT2D eigenvalue weighted by Crippen LogP contribution is -2.34. The maximum absolute atomic E-state index is 11.3. The SMILES string of the molecule is CS(=O)(=O)N1CCc2nc(N)sc2C1. The van der Waals surface area contributed by atoms with E-state index in [2.05, 4.69) is 4.98 Å². The number of thiazole rings is 1. The van der Waals surface area contributed by atoms with Gasteiger partial charge in [0.2, 0.25) is 10.0 Å². The van der Waals surface area contributed by atoms with Gasteiger partial charge in [-0.2, -0.15) is 4.31 Å². The number of anilines is 1. The van der Waals surface area contributed by atoms with Crippen LogP contribution < -0.4 is 5.73 Å². The maximum atomic E-state index is 11.3. The minimum absolute atomic E-state index is 0.420. The van der Waals surface area contributed by atoms with Crippen LogP contribution in [0.3, 0.4) is 0 Å². The number of hydrogen-bond acceptors (Lipinski definition) is 5. The quantitative estimate of drug-likeness (QED) is 0.743. The van der Waals surface area contributed by atoms with Crippen molar-refractivity contribution in [1.29, 1.82) is 0 Å². The fourth-order valence-electron chi connectivity index (χ4n) is 1.48. The summed E-state index contributed by atoms with van der Waals surface area (Å²) in [5.41, 5.74) is 6.50. The van der Waals surface area contributed by atoms with Crippen LogP contribution in [0.2, 0.25) is 0 Å². The Bertz CT molecular complexity index is 452. The fraction of sp³-hybridized carbons (Fsp3) is 0.571. The van der Waals surface area contributed by atoms with Gasteiger partial charge >= 0.3 is 0 Å². The molecular formula is C7H11N3O2S2. The zero-order valence-electron chi connectivity index (χ0n) is 7.73. The summed E-state index contributed by atoms with van der Waals surface area (Å²) in [4.78, 5) is 5.11. The first-order chi connectivity index (χ1) is 6.47. The third kappa shape index (κ3) is 1.75. The van der Waals surface area contributed by atoms with Gasteiger partial charge in [0, 0.05) is 24.4 Å². The normalized spacial score (nSPS) is 18.1. The van der Waals surface area contributed by atoms with Crippen LogP contribution in [0.25, 0.3) is 0 Å². The Morgan fingerprint density at radius 2 is 2.29 bits per heavy atom. The summed E-state index contributed by atoms with van der Waals surface area (Å²) in [7, 11) is -3.09. The molecule has 1 aromatic rings. The van der Waals surface area contributed by atoms with Crippen molar-refractivity contribution in [3.05, 3.63) is 10.6 Å². The van der Waals surface area contributed by atoms with Crippen LogP contribution in [0.4, 0.5) is 5.13 Å². The van der Waals surface area contributed by atoms with Gasteiger partial charge in [-0.05, 0) is 0 Å². The Morgan fingerprint density at radius 1 is 1.57 bits per heavy atom. The second-order valence-electron chi connectivity index (χ2n) is 3.27. The lowest BCUT2D eigenvalue weighted by atomic mass is 10.2. The van der Waals surface area contributed by atoms with Crippen molar-refractivity contribution in [3.63, 3.8) is 0 Å². The molecule has 0 aromatic carbocycles. The molecule has 0 atom stereocenters. The molecule has 0 fully saturated rings. The number of nitrogens with two attached hydrogens (primary N) is 1. The van der Waals surface area contributed by atoms with E-state index < -0.39 is 10.0 Å². The molecule has 14 heavy (non-hydrogen) atoms. The Balaban J connectivity index is 2.30. The molecule has 0 unspecified atom stereocenters. The molecule has 0 aliphatic carbocycles. The largest absolute Gasteiger partial charge is 0.375 e. The molecular weight excluding hydrogens is 222 g/mol. The van der Waals surface area contributed by atoms with E-state index in [1.54, 1.807) is 0 Å². The number of nitrogens with zero attached hydrogens (tertiary/aromatic N) is 2. The minimum atomic E-state index is -3.09. The number of sulfonamides is 1. The average Bonchev–Trinajstić information content (AvgIpc) is 2.41. The topological polar surface area (TPSA) is 76.3 Å². The second-order valence-corrected chi connectivity index (χ2v) is 6.37. The molecule has 2 rings (SSSR count). The van der Waals surface area contributed by atoms with Crippen LogP contribution in [-0.4, -0.2) is 30.5 Å². The van der Waals surface area contributed by atoms with Crippen molar-refractivity contribution in [2.45, 2.75) is 13.0 Å². The second kappa shape index (κ2) is 3.18. The van der Waals surface area contributed by atoms with Crippen LogP contribution in [0.5, 0.6) is 0 Å². The fourth-order valence-corrected chi connectivity index (χ4v) is 3.24. The summed E-state index contributed by atoms with van der Waals surface area (Å²) in [6.07, 6.45) is 1.89. The van der Waals surface area contributed by atoms with Crippen LogP contribution >= 0.6 is 11.3 Å². The zero-order chi connectivity index (χ0) is 10.3. The Labute approximate surface area is 86.6 Å². The summed E-state index contributed by atoms with van der Waals surface area (Å²) in [6.45, 7) is 0.929. The molecule has 78 valence electrons. The third-order valence-electron chi connectivity index (χ3n) is 2.18. The van der Waals surface area contributed by atoms with E-state index >= 15 is 0 Å². The van der Waals surface area contributed by atoms with E-state index in [1.807, 2.05) is 0 Å². The van der Waals surface area contributed by atoms with E-state index in [9.17, 15) is 8.42 Å². The third-order valence-corrected chi connectivity index (χ3v) is 4.34. The highest BCUT2D eigenvalue weighted by Gasteiger charge is 2.25. The molecule has 2 N–H and O–H groups in total. The van der Waals surface area contributed by atoms with Crippen molar-refractivity contribution in [2.24, 2.45) is 0 Å². The monoisotopic (exact) mass is 233 g/mol. The Hall–Kier alpha value is -0.660. The summed E-state index contributed by atoms with van der Waals surface area (Å²) in [5.74, 6) is 0. The van der Waals surface area contributed by atoms with Gasteiger partial charge in [0.05, 0.1) is 11.9 Å². The molecule has 1 aliphatic rings. The van der Waals surface area contributed by atoms with Gasteiger partial charge in [-0.1, -0.05) is 0 Å². The Morgan fingerprint density at radius 3 is 2.93 bits per heavy atom. The van der Waals surface area contributed by atoms with Gasteiger partial charge in [0.15, 0.2) is 5.13 Å². The maximum Gasteiger partial charge on any atom is 0.211 e. The molecule has 0 radical (unpaired) electrons. The van der Waals surface area contributed by atoms with Crippen LogP contribution in [0.15, 0.2) is 0 Å². The van der Waals surface area contributed by atoms with Crippen LogP contribution in [-0.2, 0) is 23.0 Å². The molecule has 2 heterocycles. The van der Waals surface area contributed by atoms with E-state index in [0.717, 1.165) is 10.6 Å². The molecule has 5 nitrogen and oxygen atoms in total. The highest BCUT2D eigenvalue weighted by molar-refractivity contribution is 7.88. The summed E-state index contributed by atoms with van der Waals surface area (Å²) in [5, 5.41) is 0.519. The van der Waals surface area contributed by atoms with Crippen molar-refractivity contribution in [1.82, 2.24) is 9.29 Å². The summed E-state index contributed by atoms with van der Waals surface area (Å²) >= 11 is 1.37. The van der Waals surface area contributed by atoms with Gasteiger partial charge in [0.1, 0.15) is 0 Å². The van der Waals surface area contributed by atoms with Gasteiger partial charge < -0.3 is 5.73 Å². The van der Waals surface area contributed by atoms with Crippen LogP contribution in [0.1, 0.15) is 10.6 Å². The molecule has 0 bridgehead atoms. The minimum Gasteiger partial charge on any atom is -0.375 e. The number of fused-ring (bicyclic) bond motifs is 1. The van der Waals surface area contributed by atoms with Gasteiger partial charge in [-0.3, -0.25) is 0 Å². The smallest absolute Gasteiger partial charge is 0.211 e. The number of rotatable bonds is 1. The van der Waals surface area contributed by atoms with E-state index in [4.69, 9.17) is 5.73 Å². The molecule has 0 saturated carbocycles. The van der Waals surface area contributed by atoms with Gasteiger partial charge in [0.25, 0.3) is 0 Å². The highest BCUT2D eigenvalue weighted by Crippen LogP contribution is 2.27. The first-order valence-corrected chi connectivity index (χ1v) is 6.82. The number of hydrogen-bond donors (Lipinski definition) is 1.